The summed E-state index contributed by atoms with van der Waals surface area (Å²) in [6, 6.07) is 12.3. The van der Waals surface area contributed by atoms with Gasteiger partial charge in [0.15, 0.2) is 0 Å². The van der Waals surface area contributed by atoms with E-state index in [9.17, 15) is 19.4 Å². The maximum Gasteiger partial charge on any atom is 0.333 e. The van der Waals surface area contributed by atoms with E-state index < -0.39 is 12.2 Å². The SMILES string of the molecule is CC[C@H](O)C[C@H](O)/C=C/c1c(C(C)C)nc2c(c1-c1ccc(F)cc1)CCCc1cc(NC(=O)NN3CCN(C)CC3)ccc1-2. The molecule has 9 heteroatoms. The summed E-state index contributed by atoms with van der Waals surface area (Å²) in [6.45, 7) is 9.46. The van der Waals surface area contributed by atoms with Crippen LogP contribution in [0.15, 0.2) is 48.5 Å². The third kappa shape index (κ3) is 7.97. The maximum absolute atomic E-state index is 14.1. The molecule has 0 radical (unpaired) electrons. The number of hydrazine groups is 1. The zero-order valence-corrected chi connectivity index (χ0v) is 26.8. The van der Waals surface area contributed by atoms with Crippen LogP contribution < -0.4 is 10.7 Å². The van der Waals surface area contributed by atoms with Gasteiger partial charge in [-0.3, -0.25) is 10.4 Å². The first-order valence-corrected chi connectivity index (χ1v) is 16.1. The Kier molecular flexibility index (Phi) is 10.7. The molecule has 5 rings (SSSR count). The quantitative estimate of drug-likeness (QED) is 0.236. The molecular weight excluding hydrogens is 569 g/mol. The Bertz CT molecular complexity index is 1520. The highest BCUT2D eigenvalue weighted by Crippen LogP contribution is 2.42. The van der Waals surface area contributed by atoms with Crippen molar-refractivity contribution in [2.45, 2.75) is 71.0 Å². The summed E-state index contributed by atoms with van der Waals surface area (Å²) in [7, 11) is 2.08. The number of pyridine rings is 1. The number of carbonyl (C=O) groups is 1. The third-order valence-electron chi connectivity index (χ3n) is 8.77. The van der Waals surface area contributed by atoms with Crippen LogP contribution in [0.4, 0.5) is 14.9 Å². The minimum Gasteiger partial charge on any atom is -0.393 e. The van der Waals surface area contributed by atoms with Crippen molar-refractivity contribution >= 4 is 17.8 Å². The van der Waals surface area contributed by atoms with E-state index in [0.29, 0.717) is 6.42 Å². The Morgan fingerprint density at radius 1 is 1.07 bits per heavy atom. The zero-order chi connectivity index (χ0) is 32.1. The normalized spacial score (nSPS) is 17.1. The number of nitrogens with zero attached hydrogens (tertiary/aromatic N) is 3. The zero-order valence-electron chi connectivity index (χ0n) is 26.8. The summed E-state index contributed by atoms with van der Waals surface area (Å²) in [5.41, 5.74) is 11.5. The fourth-order valence-electron chi connectivity index (χ4n) is 6.20. The van der Waals surface area contributed by atoms with Crippen molar-refractivity contribution < 1.29 is 19.4 Å². The number of carbonyl (C=O) groups excluding carboxylic acids is 1. The lowest BCUT2D eigenvalue weighted by atomic mass is 9.86. The molecule has 2 heterocycles. The smallest absolute Gasteiger partial charge is 0.333 e. The number of likely N-dealkylation sites (N-methyl/N-ethyl adjacent to an activating group) is 1. The molecule has 1 aliphatic heterocycles. The highest BCUT2D eigenvalue weighted by molar-refractivity contribution is 5.90. The van der Waals surface area contributed by atoms with Crippen LogP contribution in [0.3, 0.4) is 0 Å². The van der Waals surface area contributed by atoms with Crippen LogP contribution in [-0.4, -0.2) is 76.6 Å². The van der Waals surface area contributed by atoms with Crippen LogP contribution >= 0.6 is 0 Å². The number of hydrogen-bond acceptors (Lipinski definition) is 6. The predicted molar refractivity (Wildman–Crippen MR) is 178 cm³/mol. The molecule has 240 valence electrons. The van der Waals surface area contributed by atoms with Crippen LogP contribution in [0.5, 0.6) is 0 Å². The molecule has 1 fully saturated rings. The highest BCUT2D eigenvalue weighted by atomic mass is 19.1. The van der Waals surface area contributed by atoms with Gasteiger partial charge in [0.2, 0.25) is 0 Å². The Hall–Kier alpha value is -3.63. The van der Waals surface area contributed by atoms with Gasteiger partial charge in [0.1, 0.15) is 5.82 Å². The molecule has 0 bridgehead atoms. The van der Waals surface area contributed by atoms with E-state index in [1.807, 2.05) is 48.3 Å². The second-order valence-electron chi connectivity index (χ2n) is 12.6. The van der Waals surface area contributed by atoms with Gasteiger partial charge >= 0.3 is 6.03 Å². The molecule has 1 aromatic heterocycles. The molecule has 4 N–H and O–H groups in total. The average Bonchev–Trinajstić information content (AvgIpc) is 3.19. The largest absolute Gasteiger partial charge is 0.393 e. The van der Waals surface area contributed by atoms with Crippen LogP contribution in [0.1, 0.15) is 68.3 Å². The summed E-state index contributed by atoms with van der Waals surface area (Å²) in [6.07, 6.45) is 5.56. The number of benzene rings is 2. The number of urea groups is 1. The molecule has 1 saturated heterocycles. The van der Waals surface area contributed by atoms with Crippen molar-refractivity contribution in [2.75, 3.05) is 38.5 Å². The average molecular weight is 616 g/mol. The number of aryl methyl sites for hydroxylation is 1. The Balaban J connectivity index is 1.54. The highest BCUT2D eigenvalue weighted by Gasteiger charge is 2.26. The maximum atomic E-state index is 14.1. The summed E-state index contributed by atoms with van der Waals surface area (Å²) in [4.78, 5) is 20.3. The molecule has 2 atom stereocenters. The first-order chi connectivity index (χ1) is 21.6. The van der Waals surface area contributed by atoms with Crippen molar-refractivity contribution in [3.8, 4) is 22.4 Å². The Labute approximate surface area is 266 Å². The molecule has 0 spiro atoms. The van der Waals surface area contributed by atoms with Crippen molar-refractivity contribution in [3.05, 3.63) is 76.7 Å². The number of piperazine rings is 1. The summed E-state index contributed by atoms with van der Waals surface area (Å²) < 4.78 is 14.1. The number of aromatic nitrogens is 1. The van der Waals surface area contributed by atoms with Crippen molar-refractivity contribution in [3.63, 3.8) is 0 Å². The molecule has 1 aliphatic carbocycles. The summed E-state index contributed by atoms with van der Waals surface area (Å²) >= 11 is 0. The number of aliphatic hydroxyl groups excluding tert-OH is 2. The molecule has 2 aliphatic rings. The van der Waals surface area contributed by atoms with E-state index in [0.717, 1.165) is 95.9 Å². The number of amides is 2. The number of hydrogen-bond donors (Lipinski definition) is 4. The topological polar surface area (TPSA) is 101 Å². The number of aliphatic hydroxyl groups is 2. The minimum atomic E-state index is -0.806. The lowest BCUT2D eigenvalue weighted by Crippen LogP contribution is -2.53. The van der Waals surface area contributed by atoms with Gasteiger partial charge in [-0.25, -0.2) is 14.2 Å². The molecule has 2 amide bonds. The second-order valence-corrected chi connectivity index (χ2v) is 12.6. The molecule has 45 heavy (non-hydrogen) atoms. The van der Waals surface area contributed by atoms with Gasteiger partial charge in [-0.1, -0.05) is 51.1 Å². The van der Waals surface area contributed by atoms with Gasteiger partial charge in [-0.15, -0.1) is 0 Å². The molecule has 2 aromatic carbocycles. The fourth-order valence-corrected chi connectivity index (χ4v) is 6.20. The van der Waals surface area contributed by atoms with Crippen LogP contribution in [-0.2, 0) is 12.8 Å². The van der Waals surface area contributed by atoms with Gasteiger partial charge in [0, 0.05) is 49.4 Å². The van der Waals surface area contributed by atoms with Crippen LogP contribution in [0.2, 0.25) is 0 Å². The molecule has 3 aromatic rings. The van der Waals surface area contributed by atoms with Crippen molar-refractivity contribution in [2.24, 2.45) is 0 Å². The minimum absolute atomic E-state index is 0.0680. The standard InChI is InChI=1S/C36H46FN5O3/c1-5-28(43)22-29(44)14-16-32-33(24-9-11-26(37)12-10-24)31-8-6-7-25-21-27(13-15-30(25)35(31)39-34(32)23(2)3)38-36(45)40-42-19-17-41(4)18-20-42/h9-16,21,23,28-29,43-44H,5-8,17-20,22H2,1-4H3,(H2,38,40,45)/b16-14+/t28-,29+/m0/s1. The number of fused-ring (bicyclic) bond motifs is 3. The predicted octanol–water partition coefficient (Wildman–Crippen LogP) is 5.99. The first-order valence-electron chi connectivity index (χ1n) is 16.1. The second kappa shape index (κ2) is 14.6. The lowest BCUT2D eigenvalue weighted by molar-refractivity contribution is 0.102. The number of rotatable bonds is 9. The summed E-state index contributed by atoms with van der Waals surface area (Å²) in [5, 5.41) is 25.7. The third-order valence-corrected chi connectivity index (χ3v) is 8.77. The van der Waals surface area contributed by atoms with E-state index in [4.69, 9.17) is 4.98 Å². The molecule has 0 saturated carbocycles. The first kappa shape index (κ1) is 32.8. The molecule has 0 unspecified atom stereocenters. The monoisotopic (exact) mass is 615 g/mol. The van der Waals surface area contributed by atoms with E-state index >= 15 is 0 Å². The Morgan fingerprint density at radius 3 is 2.49 bits per heavy atom. The lowest BCUT2D eigenvalue weighted by Gasteiger charge is -2.32. The van der Waals surface area contributed by atoms with E-state index in [-0.39, 0.29) is 24.2 Å². The van der Waals surface area contributed by atoms with Gasteiger partial charge < -0.3 is 20.4 Å². The fraction of sp³-hybridized carbons (Fsp3) is 0.444. The van der Waals surface area contributed by atoms with E-state index in [1.54, 1.807) is 6.08 Å². The molecule has 8 nitrogen and oxygen atoms in total. The van der Waals surface area contributed by atoms with Gasteiger partial charge in [-0.05, 0) is 85.2 Å². The van der Waals surface area contributed by atoms with E-state index in [1.165, 1.54) is 12.1 Å². The molecular formula is C36H46FN5O3. The number of nitrogens with one attached hydrogen (secondary N) is 2. The number of anilines is 1. The number of halogens is 1. The van der Waals surface area contributed by atoms with Crippen LogP contribution in [0, 0.1) is 5.82 Å². The van der Waals surface area contributed by atoms with Gasteiger partial charge in [0.25, 0.3) is 0 Å². The Morgan fingerprint density at radius 2 is 1.80 bits per heavy atom. The van der Waals surface area contributed by atoms with Crippen molar-refractivity contribution in [1.29, 1.82) is 0 Å². The van der Waals surface area contributed by atoms with Gasteiger partial charge in [-0.2, -0.15) is 0 Å². The summed E-state index contributed by atoms with van der Waals surface area (Å²) in [5.74, 6) is -0.232. The van der Waals surface area contributed by atoms with E-state index in [2.05, 4.69) is 36.5 Å². The van der Waals surface area contributed by atoms with Crippen molar-refractivity contribution in [1.82, 2.24) is 20.3 Å². The van der Waals surface area contributed by atoms with Gasteiger partial charge in [0.05, 0.1) is 23.6 Å². The van der Waals surface area contributed by atoms with Crippen LogP contribution in [0.25, 0.3) is 28.5 Å².